The summed E-state index contributed by atoms with van der Waals surface area (Å²) < 4.78 is 0. The highest BCUT2D eigenvalue weighted by Crippen LogP contribution is 2.30. The first-order valence-corrected chi connectivity index (χ1v) is 6.84. The van der Waals surface area contributed by atoms with Crippen molar-refractivity contribution in [1.82, 2.24) is 4.90 Å². The topological polar surface area (TPSA) is 64.3 Å². The number of likely N-dealkylation sites (tertiary alicyclic amines) is 1. The molecule has 4 nitrogen and oxygen atoms in total. The van der Waals surface area contributed by atoms with E-state index in [9.17, 15) is 15.2 Å². The van der Waals surface area contributed by atoms with Crippen LogP contribution in [0.4, 0.5) is 0 Å². The van der Waals surface area contributed by atoms with Gasteiger partial charge >= 0.3 is 0 Å². The number of aliphatic hydroxyl groups is 1. The molecule has 1 aliphatic heterocycles. The van der Waals surface area contributed by atoms with Gasteiger partial charge in [-0.05, 0) is 39.0 Å². The van der Waals surface area contributed by atoms with Crippen molar-refractivity contribution in [2.45, 2.75) is 58.5 Å². The van der Waals surface area contributed by atoms with Crippen molar-refractivity contribution >= 4 is 5.91 Å². The molecule has 1 N–H and O–H groups in total. The maximum atomic E-state index is 12.5. The van der Waals surface area contributed by atoms with E-state index in [-0.39, 0.29) is 5.91 Å². The van der Waals surface area contributed by atoms with Gasteiger partial charge in [-0.1, -0.05) is 13.8 Å². The Hall–Kier alpha value is -1.08. The Kier molecular flexibility index (Phi) is 4.75. The molecule has 0 aromatic rings. The molecule has 1 rings (SSSR count). The third-order valence-electron chi connectivity index (χ3n) is 4.18. The lowest BCUT2D eigenvalue weighted by atomic mass is 9.82. The monoisotopic (exact) mass is 252 g/mol. The van der Waals surface area contributed by atoms with Crippen molar-refractivity contribution < 1.29 is 9.90 Å². The van der Waals surface area contributed by atoms with Gasteiger partial charge in [0.15, 0.2) is 0 Å². The van der Waals surface area contributed by atoms with Crippen molar-refractivity contribution in [3.63, 3.8) is 0 Å². The lowest BCUT2D eigenvalue weighted by Gasteiger charge is -2.30. The molecule has 0 aliphatic carbocycles. The van der Waals surface area contributed by atoms with E-state index < -0.39 is 11.0 Å². The minimum absolute atomic E-state index is 0.0623. The second kappa shape index (κ2) is 5.71. The molecule has 0 saturated carbocycles. The van der Waals surface area contributed by atoms with Crippen LogP contribution in [0.25, 0.3) is 0 Å². The number of carbonyl (C=O) groups excluding carboxylic acids is 1. The molecular formula is C14H24N2O2. The van der Waals surface area contributed by atoms with Crippen LogP contribution in [0.2, 0.25) is 0 Å². The van der Waals surface area contributed by atoms with E-state index in [2.05, 4.69) is 6.07 Å². The van der Waals surface area contributed by atoms with Gasteiger partial charge in [0.1, 0.15) is 5.41 Å². The summed E-state index contributed by atoms with van der Waals surface area (Å²) in [5.41, 5.74) is -1.56. The second-order valence-corrected chi connectivity index (χ2v) is 5.54. The maximum absolute atomic E-state index is 12.5. The minimum atomic E-state index is -0.879. The number of amides is 1. The summed E-state index contributed by atoms with van der Waals surface area (Å²) in [5.74, 6) is -0.0623. The molecule has 1 unspecified atom stereocenters. The van der Waals surface area contributed by atoms with Gasteiger partial charge in [-0.3, -0.25) is 4.79 Å². The van der Waals surface area contributed by atoms with Crippen LogP contribution in [0.3, 0.4) is 0 Å². The molecule has 0 spiro atoms. The first kappa shape index (κ1) is 15.0. The van der Waals surface area contributed by atoms with Gasteiger partial charge in [-0.25, -0.2) is 0 Å². The zero-order chi connectivity index (χ0) is 13.8. The Morgan fingerprint density at radius 3 is 2.50 bits per heavy atom. The van der Waals surface area contributed by atoms with E-state index in [1.165, 1.54) is 0 Å². The van der Waals surface area contributed by atoms with Crippen molar-refractivity contribution in [3.05, 3.63) is 0 Å². The van der Waals surface area contributed by atoms with Gasteiger partial charge in [0, 0.05) is 13.1 Å². The largest absolute Gasteiger partial charge is 0.390 e. The van der Waals surface area contributed by atoms with Crippen LogP contribution in [-0.4, -0.2) is 34.6 Å². The summed E-state index contributed by atoms with van der Waals surface area (Å²) in [6, 6.07) is 2.20. The third-order valence-corrected chi connectivity index (χ3v) is 4.18. The Morgan fingerprint density at radius 1 is 1.39 bits per heavy atom. The zero-order valence-electron chi connectivity index (χ0n) is 11.7. The Morgan fingerprint density at radius 2 is 2.00 bits per heavy atom. The molecule has 1 amide bonds. The summed E-state index contributed by atoms with van der Waals surface area (Å²) in [7, 11) is 0. The highest BCUT2D eigenvalue weighted by atomic mass is 16.3. The predicted molar refractivity (Wildman–Crippen MR) is 69.7 cm³/mol. The molecule has 1 saturated heterocycles. The first-order chi connectivity index (χ1) is 8.40. The van der Waals surface area contributed by atoms with Crippen LogP contribution in [-0.2, 0) is 4.79 Å². The fourth-order valence-corrected chi connectivity index (χ4v) is 2.53. The summed E-state index contributed by atoms with van der Waals surface area (Å²) >= 11 is 0. The molecule has 1 heterocycles. The number of nitrogens with zero attached hydrogens (tertiary/aromatic N) is 2. The third kappa shape index (κ3) is 3.02. The molecule has 102 valence electrons. The van der Waals surface area contributed by atoms with Crippen LogP contribution in [0.15, 0.2) is 0 Å². The molecule has 0 aromatic carbocycles. The number of carbonyl (C=O) groups is 1. The first-order valence-electron chi connectivity index (χ1n) is 6.84. The minimum Gasteiger partial charge on any atom is -0.390 e. The average Bonchev–Trinajstić information content (AvgIpc) is 2.53. The standard InChI is InChI=1S/C14H24N2O2/c1-4-14(5-2,11-15)12(17)16-9-6-7-13(3,18)8-10-16/h18H,4-10H2,1-3H3. The Balaban J connectivity index is 2.81. The van der Waals surface area contributed by atoms with Crippen LogP contribution in [0, 0.1) is 16.7 Å². The molecule has 0 bridgehead atoms. The zero-order valence-corrected chi connectivity index (χ0v) is 11.7. The van der Waals surface area contributed by atoms with Crippen LogP contribution in [0.1, 0.15) is 52.9 Å². The number of hydrogen-bond acceptors (Lipinski definition) is 3. The quantitative estimate of drug-likeness (QED) is 0.836. The van der Waals surface area contributed by atoms with Gasteiger partial charge in [-0.15, -0.1) is 0 Å². The van der Waals surface area contributed by atoms with Crippen molar-refractivity contribution in [3.8, 4) is 6.07 Å². The predicted octanol–water partition coefficient (Wildman–Crippen LogP) is 2.08. The smallest absolute Gasteiger partial charge is 0.243 e. The van der Waals surface area contributed by atoms with Crippen LogP contribution < -0.4 is 0 Å². The number of nitriles is 1. The second-order valence-electron chi connectivity index (χ2n) is 5.54. The highest BCUT2D eigenvalue weighted by Gasteiger charge is 2.39. The summed E-state index contributed by atoms with van der Waals surface area (Å²) in [6.07, 6.45) is 3.20. The summed E-state index contributed by atoms with van der Waals surface area (Å²) in [6.45, 7) is 6.79. The Labute approximate surface area is 110 Å². The van der Waals surface area contributed by atoms with E-state index in [0.29, 0.717) is 38.8 Å². The average molecular weight is 252 g/mol. The molecule has 18 heavy (non-hydrogen) atoms. The molecule has 1 atom stereocenters. The number of rotatable bonds is 3. The normalized spacial score (nSPS) is 25.4. The highest BCUT2D eigenvalue weighted by molar-refractivity contribution is 5.85. The fourth-order valence-electron chi connectivity index (χ4n) is 2.53. The van der Waals surface area contributed by atoms with Crippen molar-refractivity contribution in [1.29, 1.82) is 5.26 Å². The Bertz CT molecular complexity index is 340. The van der Waals surface area contributed by atoms with Gasteiger partial charge in [0.05, 0.1) is 11.7 Å². The van der Waals surface area contributed by atoms with E-state index in [4.69, 9.17) is 0 Å². The molecular weight excluding hydrogens is 228 g/mol. The van der Waals surface area contributed by atoms with Gasteiger partial charge in [0.2, 0.25) is 5.91 Å². The molecule has 0 radical (unpaired) electrons. The van der Waals surface area contributed by atoms with Crippen LogP contribution >= 0.6 is 0 Å². The molecule has 1 fully saturated rings. The van der Waals surface area contributed by atoms with Crippen LogP contribution in [0.5, 0.6) is 0 Å². The fraction of sp³-hybridized carbons (Fsp3) is 0.857. The van der Waals surface area contributed by atoms with E-state index in [0.717, 1.165) is 6.42 Å². The van der Waals surface area contributed by atoms with Crippen molar-refractivity contribution in [2.24, 2.45) is 5.41 Å². The van der Waals surface area contributed by atoms with Crippen molar-refractivity contribution in [2.75, 3.05) is 13.1 Å². The lowest BCUT2D eigenvalue weighted by Crippen LogP contribution is -2.43. The summed E-state index contributed by atoms with van der Waals surface area (Å²) in [5, 5.41) is 19.3. The van der Waals surface area contributed by atoms with E-state index >= 15 is 0 Å². The molecule has 4 heteroatoms. The van der Waals surface area contributed by atoms with E-state index in [1.807, 2.05) is 20.8 Å². The summed E-state index contributed by atoms with van der Waals surface area (Å²) in [4.78, 5) is 14.3. The lowest BCUT2D eigenvalue weighted by molar-refractivity contribution is -0.139. The van der Waals surface area contributed by atoms with Gasteiger partial charge < -0.3 is 10.0 Å². The number of hydrogen-bond donors (Lipinski definition) is 1. The maximum Gasteiger partial charge on any atom is 0.243 e. The van der Waals surface area contributed by atoms with Gasteiger partial charge in [-0.2, -0.15) is 5.26 Å². The SMILES string of the molecule is CCC(C#N)(CC)C(=O)N1CCCC(C)(O)CC1. The molecule has 0 aromatic heterocycles. The van der Waals surface area contributed by atoms with Gasteiger partial charge in [0.25, 0.3) is 0 Å². The van der Waals surface area contributed by atoms with E-state index in [1.54, 1.807) is 4.90 Å². The molecule has 1 aliphatic rings.